The Morgan fingerprint density at radius 2 is 2.20 bits per heavy atom. The lowest BCUT2D eigenvalue weighted by molar-refractivity contribution is -0.117. The molecule has 60 valence electrons. The maximum atomic E-state index is 10.9. The number of hydrogen-bond acceptors (Lipinski definition) is 2. The molecule has 0 fully saturated rings. The van der Waals surface area contributed by atoms with E-state index in [1.165, 1.54) is 0 Å². The standard InChI is InChI=1S/C6H13NO2S/c1-2-4-10(9)5-3-6(7)8/h2-5H2,1H3,(H2,7,8). The van der Waals surface area contributed by atoms with Crippen LogP contribution in [0.3, 0.4) is 0 Å². The second kappa shape index (κ2) is 5.56. The van der Waals surface area contributed by atoms with E-state index < -0.39 is 11.2 Å². The average Bonchev–Trinajstić information content (AvgIpc) is 1.85. The zero-order valence-electron chi connectivity index (χ0n) is 6.13. The monoisotopic (exact) mass is 163 g/mol. The van der Waals surface area contributed by atoms with Crippen molar-refractivity contribution in [2.75, 3.05) is 11.5 Å². The number of rotatable bonds is 5. The molecule has 0 aromatic carbocycles. The topological polar surface area (TPSA) is 66.2 Å². The van der Waals surface area contributed by atoms with Crippen LogP contribution < -0.4 is 5.73 Å². The molecule has 0 aliphatic rings. The van der Waals surface area contributed by atoms with E-state index in [1.54, 1.807) is 0 Å². The molecule has 4 heteroatoms. The summed E-state index contributed by atoms with van der Waals surface area (Å²) in [7, 11) is 0. The first-order valence-corrected chi connectivity index (χ1v) is 4.79. The molecule has 0 aliphatic carbocycles. The van der Waals surface area contributed by atoms with Gasteiger partial charge in [-0.3, -0.25) is 4.79 Å². The van der Waals surface area contributed by atoms with E-state index in [9.17, 15) is 9.35 Å². The quantitative estimate of drug-likeness (QED) is 0.581. The molecule has 0 radical (unpaired) electrons. The minimum absolute atomic E-state index is 0.243. The van der Waals surface area contributed by atoms with E-state index in [4.69, 9.17) is 5.73 Å². The number of carbonyl (C=O) groups excluding carboxylic acids is 1. The Kier molecular flexibility index (Phi) is 5.43. The van der Waals surface area contributed by atoms with Gasteiger partial charge in [0, 0.05) is 0 Å². The predicted molar refractivity (Wildman–Crippen MR) is 42.0 cm³/mol. The lowest BCUT2D eigenvalue weighted by Gasteiger charge is -2.07. The number of primary amides is 1. The summed E-state index contributed by atoms with van der Waals surface area (Å²) < 4.78 is 10.9. The van der Waals surface area contributed by atoms with Gasteiger partial charge in [-0.05, 0) is 6.42 Å². The van der Waals surface area contributed by atoms with Crippen molar-refractivity contribution in [3.8, 4) is 0 Å². The number of amides is 1. The van der Waals surface area contributed by atoms with Crippen molar-refractivity contribution in [3.63, 3.8) is 0 Å². The summed E-state index contributed by atoms with van der Waals surface area (Å²) in [4.78, 5) is 10.2. The number of nitrogens with two attached hydrogens (primary N) is 1. The van der Waals surface area contributed by atoms with Crippen LogP contribution in [-0.4, -0.2) is 22.0 Å². The molecule has 0 saturated carbocycles. The molecule has 0 rings (SSSR count). The van der Waals surface area contributed by atoms with Crippen LogP contribution in [0.15, 0.2) is 0 Å². The van der Waals surface area contributed by atoms with Gasteiger partial charge in [0.05, 0.1) is 6.42 Å². The summed E-state index contributed by atoms with van der Waals surface area (Å²) in [5.74, 6) is 0.723. The maximum absolute atomic E-state index is 10.9. The largest absolute Gasteiger partial charge is 0.616 e. The SMILES string of the molecule is CCC[S+]([O-])CCC(N)=O. The van der Waals surface area contributed by atoms with Gasteiger partial charge in [0.1, 0.15) is 11.5 Å². The summed E-state index contributed by atoms with van der Waals surface area (Å²) in [6, 6.07) is 0. The first-order chi connectivity index (χ1) is 4.66. The highest BCUT2D eigenvalue weighted by Gasteiger charge is 2.05. The third-order valence-corrected chi connectivity index (χ3v) is 2.53. The van der Waals surface area contributed by atoms with Crippen molar-refractivity contribution in [1.82, 2.24) is 0 Å². The molecule has 0 heterocycles. The van der Waals surface area contributed by atoms with Crippen molar-refractivity contribution in [1.29, 1.82) is 0 Å². The predicted octanol–water partition coefficient (Wildman–Crippen LogP) is 0.0205. The average molecular weight is 163 g/mol. The lowest BCUT2D eigenvalue weighted by Crippen LogP contribution is -2.18. The highest BCUT2D eigenvalue weighted by atomic mass is 32.2. The molecule has 3 nitrogen and oxygen atoms in total. The Labute approximate surface area is 64.2 Å². The van der Waals surface area contributed by atoms with Crippen LogP contribution in [0.25, 0.3) is 0 Å². The van der Waals surface area contributed by atoms with Gasteiger partial charge >= 0.3 is 0 Å². The number of carbonyl (C=O) groups is 1. The molecule has 2 N–H and O–H groups in total. The van der Waals surface area contributed by atoms with E-state index in [2.05, 4.69) is 0 Å². The van der Waals surface area contributed by atoms with Gasteiger partial charge < -0.3 is 10.3 Å². The molecular weight excluding hydrogens is 150 g/mol. The molecule has 1 amide bonds. The van der Waals surface area contributed by atoms with Gasteiger partial charge in [0.25, 0.3) is 0 Å². The molecule has 1 atom stereocenters. The summed E-state index contributed by atoms with van der Waals surface area (Å²) >= 11 is -0.841. The summed E-state index contributed by atoms with van der Waals surface area (Å²) in [6.07, 6.45) is 1.14. The van der Waals surface area contributed by atoms with E-state index in [-0.39, 0.29) is 12.3 Å². The third-order valence-electron chi connectivity index (χ3n) is 1.01. The van der Waals surface area contributed by atoms with Crippen LogP contribution in [-0.2, 0) is 16.0 Å². The van der Waals surface area contributed by atoms with E-state index in [0.29, 0.717) is 11.5 Å². The van der Waals surface area contributed by atoms with E-state index in [0.717, 1.165) is 6.42 Å². The minimum Gasteiger partial charge on any atom is -0.616 e. The second-order valence-corrected chi connectivity index (χ2v) is 3.76. The van der Waals surface area contributed by atoms with Gasteiger partial charge in [-0.1, -0.05) is 18.1 Å². The fourth-order valence-electron chi connectivity index (χ4n) is 0.544. The molecule has 1 unspecified atom stereocenters. The van der Waals surface area contributed by atoms with Crippen molar-refractivity contribution < 1.29 is 9.35 Å². The van der Waals surface area contributed by atoms with Crippen molar-refractivity contribution in [2.45, 2.75) is 19.8 Å². The van der Waals surface area contributed by atoms with Crippen LogP contribution in [0.2, 0.25) is 0 Å². The first kappa shape index (κ1) is 9.78. The van der Waals surface area contributed by atoms with Crippen LogP contribution in [0.5, 0.6) is 0 Å². The molecule has 10 heavy (non-hydrogen) atoms. The lowest BCUT2D eigenvalue weighted by atomic mass is 10.5. The number of hydrogen-bond donors (Lipinski definition) is 1. The fourth-order valence-corrected chi connectivity index (χ4v) is 1.63. The second-order valence-electron chi connectivity index (χ2n) is 2.06. The third kappa shape index (κ3) is 5.91. The molecule has 0 spiro atoms. The van der Waals surface area contributed by atoms with Gasteiger partial charge in [-0.15, -0.1) is 0 Å². The Balaban J connectivity index is 3.21. The first-order valence-electron chi connectivity index (χ1n) is 3.30. The minimum atomic E-state index is -0.841. The van der Waals surface area contributed by atoms with E-state index in [1.807, 2.05) is 6.92 Å². The van der Waals surface area contributed by atoms with Crippen LogP contribution in [0.4, 0.5) is 0 Å². The van der Waals surface area contributed by atoms with Crippen molar-refractivity contribution in [2.24, 2.45) is 5.73 Å². The molecule has 0 aromatic rings. The Hall–Kier alpha value is -0.220. The Morgan fingerprint density at radius 1 is 1.60 bits per heavy atom. The summed E-state index contributed by atoms with van der Waals surface area (Å²) in [6.45, 7) is 1.96. The summed E-state index contributed by atoms with van der Waals surface area (Å²) in [5.41, 5.74) is 4.86. The smallest absolute Gasteiger partial charge is 0.222 e. The molecule has 0 saturated heterocycles. The van der Waals surface area contributed by atoms with Crippen LogP contribution >= 0.6 is 0 Å². The van der Waals surface area contributed by atoms with Crippen molar-refractivity contribution in [3.05, 3.63) is 0 Å². The molecule has 0 aliphatic heterocycles. The highest BCUT2D eigenvalue weighted by Crippen LogP contribution is 1.95. The molecule has 0 aromatic heterocycles. The Morgan fingerprint density at radius 3 is 2.60 bits per heavy atom. The zero-order chi connectivity index (χ0) is 7.98. The fraction of sp³-hybridized carbons (Fsp3) is 0.833. The normalized spacial score (nSPS) is 13.0. The van der Waals surface area contributed by atoms with Crippen LogP contribution in [0.1, 0.15) is 19.8 Å². The van der Waals surface area contributed by atoms with Gasteiger partial charge in [0.2, 0.25) is 5.91 Å². The van der Waals surface area contributed by atoms with Crippen molar-refractivity contribution >= 4 is 17.1 Å². The maximum Gasteiger partial charge on any atom is 0.222 e. The van der Waals surface area contributed by atoms with E-state index >= 15 is 0 Å². The molecular formula is C6H13NO2S. The molecule has 0 bridgehead atoms. The summed E-state index contributed by atoms with van der Waals surface area (Å²) in [5, 5.41) is 0. The van der Waals surface area contributed by atoms with Gasteiger partial charge in [0.15, 0.2) is 0 Å². The van der Waals surface area contributed by atoms with Crippen LogP contribution in [0, 0.1) is 0 Å². The highest BCUT2D eigenvalue weighted by molar-refractivity contribution is 7.91. The van der Waals surface area contributed by atoms with Gasteiger partial charge in [-0.25, -0.2) is 0 Å². The van der Waals surface area contributed by atoms with Gasteiger partial charge in [-0.2, -0.15) is 0 Å². The zero-order valence-corrected chi connectivity index (χ0v) is 6.95. The Bertz CT molecular complexity index is 108.